The van der Waals surface area contributed by atoms with Gasteiger partial charge in [0.1, 0.15) is 12.1 Å². The Bertz CT molecular complexity index is 1030. The van der Waals surface area contributed by atoms with Crippen molar-refractivity contribution in [3.05, 3.63) is 29.8 Å². The van der Waals surface area contributed by atoms with Gasteiger partial charge in [-0.3, -0.25) is 24.0 Å². The number of carboxylic acid groups (broad SMARTS) is 2. The van der Waals surface area contributed by atoms with Gasteiger partial charge in [0.15, 0.2) is 0 Å². The number of benzene rings is 1. The highest BCUT2D eigenvalue weighted by atomic mass is 16.4. The average Bonchev–Trinajstić information content (AvgIpc) is 2.84. The molecule has 0 bridgehead atoms. The van der Waals surface area contributed by atoms with Crippen LogP contribution < -0.4 is 27.4 Å². The normalized spacial score (nSPS) is 13.8. The Balaban J connectivity index is 2.43. The number of nitrogens with one attached hydrogen (secondary N) is 3. The second kappa shape index (κ2) is 17.4. The number of carbonyl (C=O) groups is 6. The molecule has 4 amide bonds. The molecule has 0 heterocycles. The van der Waals surface area contributed by atoms with Gasteiger partial charge < -0.3 is 37.6 Å². The Morgan fingerprint density at radius 3 is 2.00 bits per heavy atom. The average molecular weight is 564 g/mol. The number of anilines is 1. The molecule has 0 aliphatic carbocycles. The number of rotatable bonds is 19. The summed E-state index contributed by atoms with van der Waals surface area (Å²) < 4.78 is 0. The lowest BCUT2D eigenvalue weighted by molar-refractivity contribution is -0.142. The summed E-state index contributed by atoms with van der Waals surface area (Å²) in [7, 11) is 0. The number of carbonyl (C=O) groups excluding carboxylic acids is 4. The van der Waals surface area contributed by atoms with Crippen LogP contribution >= 0.6 is 0 Å². The van der Waals surface area contributed by atoms with Crippen molar-refractivity contribution in [1.29, 1.82) is 0 Å². The zero-order valence-electron chi connectivity index (χ0n) is 23.0. The molecule has 222 valence electrons. The van der Waals surface area contributed by atoms with Gasteiger partial charge in [-0.1, -0.05) is 13.8 Å². The van der Waals surface area contributed by atoms with Gasteiger partial charge in [-0.05, 0) is 68.2 Å². The Labute approximate surface area is 233 Å². The molecule has 0 radical (unpaired) electrons. The number of hydrogen-bond donors (Lipinski definition) is 7. The van der Waals surface area contributed by atoms with Crippen molar-refractivity contribution in [2.24, 2.45) is 17.6 Å². The summed E-state index contributed by atoms with van der Waals surface area (Å²) in [6.45, 7) is 3.89. The smallest absolute Gasteiger partial charge is 0.326 e. The summed E-state index contributed by atoms with van der Waals surface area (Å²) in [5, 5.41) is 26.0. The standard InChI is InChI=1S/C27H41N5O8/c1-16(13-17(2)15-24(35)36)14-23(34)32-21(27(39)40)10-11-22(33)31-20(25(29)37)5-3-4-12-30-26(38)18-6-8-19(28)9-7-18/h6-9,16-17,20-21H,3-5,10-15,28H2,1-2H3,(H2,29,37)(H,30,38)(H,31,33)(H,32,34)(H,35,36)(H,39,40). The summed E-state index contributed by atoms with van der Waals surface area (Å²) in [5.41, 5.74) is 12.0. The van der Waals surface area contributed by atoms with Gasteiger partial charge in [0.25, 0.3) is 5.91 Å². The van der Waals surface area contributed by atoms with Crippen LogP contribution in [-0.4, -0.2) is 64.4 Å². The number of nitrogens with two attached hydrogens (primary N) is 2. The van der Waals surface area contributed by atoms with E-state index in [1.165, 1.54) is 0 Å². The molecule has 0 saturated carbocycles. The van der Waals surface area contributed by atoms with Gasteiger partial charge in [0.2, 0.25) is 17.7 Å². The Hall–Kier alpha value is -4.16. The quantitative estimate of drug-likeness (QED) is 0.0939. The molecular weight excluding hydrogens is 522 g/mol. The van der Waals surface area contributed by atoms with Gasteiger partial charge in [-0.2, -0.15) is 0 Å². The Kier molecular flexibility index (Phi) is 14.8. The molecule has 4 unspecified atom stereocenters. The highest BCUT2D eigenvalue weighted by Crippen LogP contribution is 2.18. The van der Waals surface area contributed by atoms with Crippen LogP contribution in [0, 0.1) is 11.8 Å². The third-order valence-corrected chi connectivity index (χ3v) is 6.21. The van der Waals surface area contributed by atoms with E-state index in [1.807, 2.05) is 0 Å². The van der Waals surface area contributed by atoms with E-state index < -0.39 is 41.7 Å². The minimum absolute atomic E-state index is 0.0180. The van der Waals surface area contributed by atoms with Crippen molar-refractivity contribution < 1.29 is 39.0 Å². The zero-order chi connectivity index (χ0) is 30.2. The van der Waals surface area contributed by atoms with Crippen molar-refractivity contribution in [3.8, 4) is 0 Å². The van der Waals surface area contributed by atoms with Crippen molar-refractivity contribution in [3.63, 3.8) is 0 Å². The maximum atomic E-state index is 12.4. The van der Waals surface area contributed by atoms with Gasteiger partial charge in [-0.25, -0.2) is 4.79 Å². The van der Waals surface area contributed by atoms with Gasteiger partial charge in [0.05, 0.1) is 0 Å². The topological polar surface area (TPSA) is 231 Å². The Morgan fingerprint density at radius 1 is 0.825 bits per heavy atom. The molecular formula is C27H41N5O8. The molecule has 4 atom stereocenters. The molecule has 13 heteroatoms. The van der Waals surface area contributed by atoms with Crippen LogP contribution in [-0.2, 0) is 24.0 Å². The fourth-order valence-electron chi connectivity index (χ4n) is 4.22. The van der Waals surface area contributed by atoms with E-state index >= 15 is 0 Å². The number of nitrogen functional groups attached to an aromatic ring is 1. The van der Waals surface area contributed by atoms with E-state index in [0.717, 1.165) is 0 Å². The Morgan fingerprint density at radius 2 is 1.43 bits per heavy atom. The second-order valence-corrected chi connectivity index (χ2v) is 10.1. The molecule has 0 saturated heterocycles. The van der Waals surface area contributed by atoms with E-state index in [-0.39, 0.29) is 49.8 Å². The molecule has 1 aromatic rings. The van der Waals surface area contributed by atoms with Gasteiger partial charge in [-0.15, -0.1) is 0 Å². The fourth-order valence-corrected chi connectivity index (χ4v) is 4.22. The first kappa shape index (κ1) is 33.9. The number of primary amides is 1. The molecule has 1 aromatic carbocycles. The third-order valence-electron chi connectivity index (χ3n) is 6.21. The van der Waals surface area contributed by atoms with Crippen LogP contribution in [0.25, 0.3) is 0 Å². The molecule has 1 rings (SSSR count). The molecule has 0 fully saturated rings. The molecule has 0 aliphatic rings. The predicted molar refractivity (Wildman–Crippen MR) is 147 cm³/mol. The van der Waals surface area contributed by atoms with Crippen LogP contribution in [0.4, 0.5) is 5.69 Å². The minimum atomic E-state index is -1.31. The summed E-state index contributed by atoms with van der Waals surface area (Å²) in [4.78, 5) is 71.0. The monoisotopic (exact) mass is 563 g/mol. The first-order chi connectivity index (χ1) is 18.8. The number of hydrogen-bond acceptors (Lipinski definition) is 7. The van der Waals surface area contributed by atoms with Crippen LogP contribution in [0.15, 0.2) is 24.3 Å². The molecule has 9 N–H and O–H groups in total. The van der Waals surface area contributed by atoms with Crippen LogP contribution in [0.5, 0.6) is 0 Å². The summed E-state index contributed by atoms with van der Waals surface area (Å²) in [6, 6.07) is 4.18. The SMILES string of the molecule is CC(CC(=O)O)CC(C)CC(=O)NC(CCC(=O)NC(CCCCNC(=O)c1ccc(N)cc1)C(N)=O)C(=O)O. The first-order valence-electron chi connectivity index (χ1n) is 13.2. The van der Waals surface area contributed by atoms with Crippen molar-refractivity contribution >= 4 is 41.3 Å². The number of aliphatic carboxylic acids is 2. The van der Waals surface area contributed by atoms with Crippen LogP contribution in [0.3, 0.4) is 0 Å². The summed E-state index contributed by atoms with van der Waals surface area (Å²) >= 11 is 0. The van der Waals surface area contributed by atoms with Gasteiger partial charge >= 0.3 is 11.9 Å². The third kappa shape index (κ3) is 14.1. The lowest BCUT2D eigenvalue weighted by atomic mass is 9.92. The van der Waals surface area contributed by atoms with Gasteiger partial charge in [0, 0.05) is 37.1 Å². The second-order valence-electron chi connectivity index (χ2n) is 10.1. The van der Waals surface area contributed by atoms with Crippen LogP contribution in [0.2, 0.25) is 0 Å². The van der Waals surface area contributed by atoms with Crippen LogP contribution in [0.1, 0.15) is 75.6 Å². The number of carboxylic acids is 2. The first-order valence-corrected chi connectivity index (χ1v) is 13.2. The highest BCUT2D eigenvalue weighted by Gasteiger charge is 2.24. The largest absolute Gasteiger partial charge is 0.481 e. The number of unbranched alkanes of at least 4 members (excludes halogenated alkanes) is 1. The molecule has 0 spiro atoms. The van der Waals surface area contributed by atoms with Crippen molar-refractivity contribution in [1.82, 2.24) is 16.0 Å². The summed E-state index contributed by atoms with van der Waals surface area (Å²) in [5.74, 6) is -4.62. The van der Waals surface area contributed by atoms with Crippen molar-refractivity contribution in [2.75, 3.05) is 12.3 Å². The maximum Gasteiger partial charge on any atom is 0.326 e. The molecule has 40 heavy (non-hydrogen) atoms. The lowest BCUT2D eigenvalue weighted by Crippen LogP contribution is -2.46. The summed E-state index contributed by atoms with van der Waals surface area (Å²) in [6.07, 6.45) is 1.27. The van der Waals surface area contributed by atoms with Crippen molar-refractivity contribution in [2.45, 2.75) is 77.3 Å². The fraction of sp³-hybridized carbons (Fsp3) is 0.556. The zero-order valence-corrected chi connectivity index (χ0v) is 23.0. The maximum absolute atomic E-state index is 12.4. The lowest BCUT2D eigenvalue weighted by Gasteiger charge is -2.19. The van der Waals surface area contributed by atoms with E-state index in [9.17, 15) is 33.9 Å². The highest BCUT2D eigenvalue weighted by molar-refractivity contribution is 5.94. The molecule has 0 aromatic heterocycles. The van der Waals surface area contributed by atoms with E-state index in [1.54, 1.807) is 38.1 Å². The molecule has 13 nitrogen and oxygen atoms in total. The minimum Gasteiger partial charge on any atom is -0.481 e. The number of amides is 4. The van der Waals surface area contributed by atoms with E-state index in [4.69, 9.17) is 16.6 Å². The molecule has 0 aliphatic heterocycles. The van der Waals surface area contributed by atoms with E-state index in [0.29, 0.717) is 37.1 Å². The predicted octanol–water partition coefficient (Wildman–Crippen LogP) is 1.02. The van der Waals surface area contributed by atoms with E-state index in [2.05, 4.69) is 16.0 Å².